The van der Waals surface area contributed by atoms with Crippen LogP contribution in [0.2, 0.25) is 0 Å². The van der Waals surface area contributed by atoms with E-state index in [4.69, 9.17) is 13.8 Å². The topological polar surface area (TPSA) is 44.1 Å². The molecule has 3 aromatic heterocycles. The second-order valence-corrected chi connectivity index (χ2v) is 11.6. The number of furan rings is 2. The highest BCUT2D eigenvalue weighted by atomic mass is 16.3. The molecule has 0 aliphatic rings. The lowest BCUT2D eigenvalue weighted by Crippen LogP contribution is -2.08. The van der Waals surface area contributed by atoms with Crippen molar-refractivity contribution in [3.8, 4) is 17.1 Å². The standard InChI is InChI=1S/C37H30N2O2/c1-21(2)23-12-9-13-24(22(3)4)34(23)39-30-17-7-6-16-29(30)38-37(39)28-15-10-14-27-33-32(41-35(27)28)20-19-26-25-11-5-8-18-31(25)40-36(26)33/h5-22H,1-4H3. The molecule has 200 valence electrons. The SMILES string of the molecule is CC(C)c1cccc(C(C)C)c1-n1c(-c2cccc3c2oc2ccc4c5ccccc5oc4c23)nc2ccccc21. The summed E-state index contributed by atoms with van der Waals surface area (Å²) in [7, 11) is 0. The van der Waals surface area contributed by atoms with Gasteiger partial charge in [-0.05, 0) is 59.4 Å². The molecule has 3 heterocycles. The summed E-state index contributed by atoms with van der Waals surface area (Å²) < 4.78 is 15.5. The van der Waals surface area contributed by atoms with Crippen molar-refractivity contribution >= 4 is 54.9 Å². The minimum absolute atomic E-state index is 0.348. The normalized spacial score (nSPS) is 12.3. The summed E-state index contributed by atoms with van der Waals surface area (Å²) >= 11 is 0. The van der Waals surface area contributed by atoms with Crippen LogP contribution in [0.3, 0.4) is 0 Å². The molecule has 0 saturated carbocycles. The van der Waals surface area contributed by atoms with E-state index in [1.54, 1.807) is 0 Å². The highest BCUT2D eigenvalue weighted by molar-refractivity contribution is 6.23. The third-order valence-electron chi connectivity index (χ3n) is 8.37. The largest absolute Gasteiger partial charge is 0.455 e. The summed E-state index contributed by atoms with van der Waals surface area (Å²) in [5, 5.41) is 4.25. The molecule has 0 saturated heterocycles. The Bertz CT molecular complexity index is 2250. The monoisotopic (exact) mass is 534 g/mol. The van der Waals surface area contributed by atoms with Gasteiger partial charge < -0.3 is 8.83 Å². The number of aromatic nitrogens is 2. The Morgan fingerprint density at radius 3 is 2.07 bits per heavy atom. The van der Waals surface area contributed by atoms with Crippen LogP contribution in [-0.4, -0.2) is 9.55 Å². The average molecular weight is 535 g/mol. The Morgan fingerprint density at radius 1 is 0.585 bits per heavy atom. The number of para-hydroxylation sites is 5. The quantitative estimate of drug-likeness (QED) is 0.225. The molecule has 0 spiro atoms. The summed E-state index contributed by atoms with van der Waals surface area (Å²) in [4.78, 5) is 5.26. The number of hydrogen-bond donors (Lipinski definition) is 0. The van der Waals surface area contributed by atoms with Crippen LogP contribution >= 0.6 is 0 Å². The molecule has 0 unspecified atom stereocenters. The maximum Gasteiger partial charge on any atom is 0.149 e. The molecular weight excluding hydrogens is 504 g/mol. The second-order valence-electron chi connectivity index (χ2n) is 11.6. The van der Waals surface area contributed by atoms with Gasteiger partial charge in [0.05, 0.1) is 27.7 Å². The summed E-state index contributed by atoms with van der Waals surface area (Å²) in [6.07, 6.45) is 0. The number of nitrogens with zero attached hydrogens (tertiary/aromatic N) is 2. The number of rotatable bonds is 4. The highest BCUT2D eigenvalue weighted by Gasteiger charge is 2.25. The van der Waals surface area contributed by atoms with Crippen molar-refractivity contribution in [3.63, 3.8) is 0 Å². The molecule has 41 heavy (non-hydrogen) atoms. The summed E-state index contributed by atoms with van der Waals surface area (Å²) in [5.41, 5.74) is 10.2. The first-order chi connectivity index (χ1) is 20.0. The average Bonchev–Trinajstić information content (AvgIpc) is 3.67. The molecule has 0 aliphatic heterocycles. The van der Waals surface area contributed by atoms with Crippen molar-refractivity contribution in [1.29, 1.82) is 0 Å². The summed E-state index contributed by atoms with van der Waals surface area (Å²) in [6.45, 7) is 9.06. The van der Waals surface area contributed by atoms with E-state index in [1.807, 2.05) is 12.1 Å². The van der Waals surface area contributed by atoms with E-state index in [0.717, 1.165) is 66.3 Å². The Hall–Kier alpha value is -4.83. The number of hydrogen-bond acceptors (Lipinski definition) is 3. The fourth-order valence-corrected chi connectivity index (χ4v) is 6.44. The molecule has 0 amide bonds. The lowest BCUT2D eigenvalue weighted by molar-refractivity contribution is 0.663. The van der Waals surface area contributed by atoms with E-state index in [2.05, 4.69) is 117 Å². The fraction of sp³-hybridized carbons (Fsp3) is 0.162. The molecule has 0 fully saturated rings. The van der Waals surface area contributed by atoms with Gasteiger partial charge in [0.2, 0.25) is 0 Å². The van der Waals surface area contributed by atoms with Gasteiger partial charge in [0, 0.05) is 16.2 Å². The van der Waals surface area contributed by atoms with Gasteiger partial charge in [0.15, 0.2) is 0 Å². The zero-order valence-corrected chi connectivity index (χ0v) is 23.6. The molecule has 4 heteroatoms. The van der Waals surface area contributed by atoms with Gasteiger partial charge in [-0.25, -0.2) is 4.98 Å². The van der Waals surface area contributed by atoms with Crippen LogP contribution in [0.4, 0.5) is 0 Å². The first kappa shape index (κ1) is 24.0. The number of imidazole rings is 1. The Balaban J connectivity index is 1.49. The van der Waals surface area contributed by atoms with Gasteiger partial charge in [-0.2, -0.15) is 0 Å². The minimum atomic E-state index is 0.348. The van der Waals surface area contributed by atoms with Gasteiger partial charge >= 0.3 is 0 Å². The molecule has 4 nitrogen and oxygen atoms in total. The first-order valence-electron chi connectivity index (χ1n) is 14.4. The zero-order valence-electron chi connectivity index (χ0n) is 23.6. The molecule has 8 rings (SSSR count). The number of fused-ring (bicyclic) bond motifs is 8. The number of benzene rings is 5. The first-order valence-corrected chi connectivity index (χ1v) is 14.4. The summed E-state index contributed by atoms with van der Waals surface area (Å²) in [6, 6.07) is 33.9. The van der Waals surface area contributed by atoms with E-state index in [9.17, 15) is 0 Å². The van der Waals surface area contributed by atoms with Crippen molar-refractivity contribution in [1.82, 2.24) is 9.55 Å². The van der Waals surface area contributed by atoms with Gasteiger partial charge in [-0.3, -0.25) is 4.57 Å². The molecule has 5 aromatic carbocycles. The predicted molar refractivity (Wildman–Crippen MR) is 169 cm³/mol. The van der Waals surface area contributed by atoms with Crippen LogP contribution in [-0.2, 0) is 0 Å². The van der Waals surface area contributed by atoms with Crippen LogP contribution in [0.5, 0.6) is 0 Å². The van der Waals surface area contributed by atoms with Crippen molar-refractivity contribution < 1.29 is 8.83 Å². The molecule has 0 aliphatic carbocycles. The third-order valence-corrected chi connectivity index (χ3v) is 8.37. The van der Waals surface area contributed by atoms with E-state index < -0.39 is 0 Å². The maximum atomic E-state index is 6.67. The minimum Gasteiger partial charge on any atom is -0.455 e. The molecule has 0 N–H and O–H groups in total. The zero-order chi connectivity index (χ0) is 27.8. The van der Waals surface area contributed by atoms with Crippen molar-refractivity contribution in [2.24, 2.45) is 0 Å². The molecule has 0 radical (unpaired) electrons. The maximum absolute atomic E-state index is 6.67. The van der Waals surface area contributed by atoms with E-state index in [0.29, 0.717) is 11.8 Å². The van der Waals surface area contributed by atoms with Crippen molar-refractivity contribution in [3.05, 3.63) is 108 Å². The van der Waals surface area contributed by atoms with Gasteiger partial charge in [0.1, 0.15) is 28.2 Å². The smallest absolute Gasteiger partial charge is 0.149 e. The predicted octanol–water partition coefficient (Wildman–Crippen LogP) is 10.7. The van der Waals surface area contributed by atoms with Gasteiger partial charge in [-0.15, -0.1) is 0 Å². The fourth-order valence-electron chi connectivity index (χ4n) is 6.44. The Morgan fingerprint density at radius 2 is 1.27 bits per heavy atom. The lowest BCUT2D eigenvalue weighted by Gasteiger charge is -2.22. The highest BCUT2D eigenvalue weighted by Crippen LogP contribution is 2.43. The molecule has 0 bridgehead atoms. The third kappa shape index (κ3) is 3.43. The summed E-state index contributed by atoms with van der Waals surface area (Å²) in [5.74, 6) is 1.58. The lowest BCUT2D eigenvalue weighted by atomic mass is 9.92. The van der Waals surface area contributed by atoms with E-state index in [1.165, 1.54) is 16.8 Å². The van der Waals surface area contributed by atoms with Crippen LogP contribution in [0.1, 0.15) is 50.7 Å². The van der Waals surface area contributed by atoms with E-state index >= 15 is 0 Å². The van der Waals surface area contributed by atoms with Gasteiger partial charge in [0.25, 0.3) is 0 Å². The van der Waals surface area contributed by atoms with Crippen molar-refractivity contribution in [2.45, 2.75) is 39.5 Å². The molecule has 8 aromatic rings. The second kappa shape index (κ2) is 8.84. The van der Waals surface area contributed by atoms with Crippen LogP contribution in [0.15, 0.2) is 106 Å². The van der Waals surface area contributed by atoms with Gasteiger partial charge in [-0.1, -0.05) is 88.4 Å². The van der Waals surface area contributed by atoms with E-state index in [-0.39, 0.29) is 0 Å². The van der Waals surface area contributed by atoms with Crippen molar-refractivity contribution in [2.75, 3.05) is 0 Å². The van der Waals surface area contributed by atoms with Crippen LogP contribution in [0.25, 0.3) is 72.0 Å². The Kier molecular flexibility index (Phi) is 5.17. The Labute approximate surface area is 237 Å². The van der Waals surface area contributed by atoms with Crippen LogP contribution in [0, 0.1) is 0 Å². The molecular formula is C37H30N2O2. The van der Waals surface area contributed by atoms with Crippen LogP contribution < -0.4 is 0 Å². The molecule has 0 atom stereocenters.